The van der Waals surface area contributed by atoms with E-state index >= 15 is 0 Å². The van der Waals surface area contributed by atoms with Gasteiger partial charge in [0.25, 0.3) is 0 Å². The molecule has 0 radical (unpaired) electrons. The molecule has 0 heterocycles. The van der Waals surface area contributed by atoms with Crippen LogP contribution in [0.25, 0.3) is 17.2 Å². The van der Waals surface area contributed by atoms with Crippen molar-refractivity contribution in [3.05, 3.63) is 64.7 Å². The zero-order valence-electron chi connectivity index (χ0n) is 15.0. The Morgan fingerprint density at radius 2 is 1.38 bits per heavy atom. The van der Waals surface area contributed by atoms with Crippen molar-refractivity contribution in [2.75, 3.05) is 0 Å². The molecular weight excluding hydrogens is 357 g/mol. The van der Waals surface area contributed by atoms with Crippen LogP contribution in [0.3, 0.4) is 0 Å². The van der Waals surface area contributed by atoms with Crippen molar-refractivity contribution in [2.45, 2.75) is 51.6 Å². The molecule has 140 valence electrons. The van der Waals surface area contributed by atoms with Crippen molar-refractivity contribution in [3.8, 4) is 11.1 Å². The van der Waals surface area contributed by atoms with E-state index in [2.05, 4.69) is 31.2 Å². The van der Waals surface area contributed by atoms with E-state index in [0.717, 1.165) is 23.6 Å². The average Bonchev–Trinajstić information content (AvgIpc) is 2.62. The van der Waals surface area contributed by atoms with E-state index in [-0.39, 0.29) is 0 Å². The van der Waals surface area contributed by atoms with Gasteiger partial charge >= 0.3 is 6.18 Å². The molecule has 0 spiro atoms. The lowest BCUT2D eigenvalue weighted by atomic mass is 10.00. The Morgan fingerprint density at radius 1 is 0.846 bits per heavy atom. The first-order valence-electron chi connectivity index (χ1n) is 9.04. The second-order valence-electron chi connectivity index (χ2n) is 6.47. The van der Waals surface area contributed by atoms with Crippen molar-refractivity contribution < 1.29 is 13.2 Å². The Kier molecular flexibility index (Phi) is 7.77. The first-order chi connectivity index (χ1) is 12.4. The SMILES string of the molecule is CCCCCCCc1ccc(-c2ccc(C=C(Cl)C(F)(F)F)cc2)cc1. The first kappa shape index (κ1) is 20.6. The van der Waals surface area contributed by atoms with Gasteiger partial charge in [0.15, 0.2) is 0 Å². The summed E-state index contributed by atoms with van der Waals surface area (Å²) in [4.78, 5) is 0. The van der Waals surface area contributed by atoms with Crippen LogP contribution in [0, 0.1) is 0 Å². The second kappa shape index (κ2) is 9.82. The van der Waals surface area contributed by atoms with Gasteiger partial charge in [0, 0.05) is 0 Å². The van der Waals surface area contributed by atoms with Crippen LogP contribution in [0.4, 0.5) is 13.2 Å². The maximum atomic E-state index is 12.5. The third kappa shape index (κ3) is 6.53. The number of aryl methyl sites for hydroxylation is 1. The maximum Gasteiger partial charge on any atom is 0.426 e. The van der Waals surface area contributed by atoms with Crippen LogP contribution < -0.4 is 0 Å². The van der Waals surface area contributed by atoms with Crippen LogP contribution in [-0.4, -0.2) is 6.18 Å². The number of alkyl halides is 3. The van der Waals surface area contributed by atoms with Gasteiger partial charge < -0.3 is 0 Å². The van der Waals surface area contributed by atoms with E-state index in [4.69, 9.17) is 11.6 Å². The minimum atomic E-state index is -4.51. The minimum absolute atomic E-state index is 0.430. The van der Waals surface area contributed by atoms with Crippen molar-refractivity contribution in [3.63, 3.8) is 0 Å². The normalized spacial score (nSPS) is 12.4. The summed E-state index contributed by atoms with van der Waals surface area (Å²) >= 11 is 5.27. The lowest BCUT2D eigenvalue weighted by molar-refractivity contribution is -0.0836. The fourth-order valence-electron chi connectivity index (χ4n) is 2.80. The number of unbranched alkanes of at least 4 members (excludes halogenated alkanes) is 4. The van der Waals surface area contributed by atoms with E-state index in [1.807, 2.05) is 12.1 Å². The molecule has 0 saturated carbocycles. The van der Waals surface area contributed by atoms with Crippen LogP contribution in [0.15, 0.2) is 53.6 Å². The number of rotatable bonds is 8. The van der Waals surface area contributed by atoms with Crippen LogP contribution in [-0.2, 0) is 6.42 Å². The molecule has 0 aliphatic carbocycles. The zero-order valence-corrected chi connectivity index (χ0v) is 15.7. The van der Waals surface area contributed by atoms with Gasteiger partial charge in [-0.3, -0.25) is 0 Å². The second-order valence-corrected chi connectivity index (χ2v) is 6.88. The third-order valence-corrected chi connectivity index (χ3v) is 4.65. The molecular formula is C22H24ClF3. The molecule has 2 aromatic carbocycles. The monoisotopic (exact) mass is 380 g/mol. The first-order valence-corrected chi connectivity index (χ1v) is 9.41. The maximum absolute atomic E-state index is 12.5. The van der Waals surface area contributed by atoms with Crippen molar-refractivity contribution in [2.24, 2.45) is 0 Å². The number of allylic oxidation sites excluding steroid dienone is 1. The van der Waals surface area contributed by atoms with Crippen molar-refractivity contribution in [1.29, 1.82) is 0 Å². The summed E-state index contributed by atoms with van der Waals surface area (Å²) in [7, 11) is 0. The summed E-state index contributed by atoms with van der Waals surface area (Å²) in [5.41, 5.74) is 3.78. The summed E-state index contributed by atoms with van der Waals surface area (Å²) in [5, 5.41) is -1.12. The smallest absolute Gasteiger partial charge is 0.165 e. The summed E-state index contributed by atoms with van der Waals surface area (Å²) in [6.45, 7) is 2.21. The summed E-state index contributed by atoms with van der Waals surface area (Å²) in [5.74, 6) is 0. The van der Waals surface area contributed by atoms with Gasteiger partial charge in [-0.05, 0) is 41.2 Å². The molecule has 26 heavy (non-hydrogen) atoms. The van der Waals surface area contributed by atoms with Crippen molar-refractivity contribution >= 4 is 17.7 Å². The van der Waals surface area contributed by atoms with Crippen LogP contribution in [0.5, 0.6) is 0 Å². The summed E-state index contributed by atoms with van der Waals surface area (Å²) in [6, 6.07) is 15.3. The Bertz CT molecular complexity index is 698. The lowest BCUT2D eigenvalue weighted by Crippen LogP contribution is -2.06. The Morgan fingerprint density at radius 3 is 1.92 bits per heavy atom. The highest BCUT2D eigenvalue weighted by Gasteiger charge is 2.32. The molecule has 0 nitrogen and oxygen atoms in total. The molecule has 0 bridgehead atoms. The molecule has 0 aromatic heterocycles. The lowest BCUT2D eigenvalue weighted by Gasteiger charge is -2.07. The topological polar surface area (TPSA) is 0 Å². The zero-order chi connectivity index (χ0) is 19.0. The largest absolute Gasteiger partial charge is 0.426 e. The molecule has 0 fully saturated rings. The highest BCUT2D eigenvalue weighted by atomic mass is 35.5. The van der Waals surface area contributed by atoms with E-state index in [0.29, 0.717) is 5.56 Å². The molecule has 2 rings (SSSR count). The number of hydrogen-bond donors (Lipinski definition) is 0. The predicted molar refractivity (Wildman–Crippen MR) is 104 cm³/mol. The molecule has 0 unspecified atom stereocenters. The fraction of sp³-hybridized carbons (Fsp3) is 0.364. The molecule has 0 saturated heterocycles. The molecule has 0 aliphatic rings. The highest BCUT2D eigenvalue weighted by molar-refractivity contribution is 6.32. The summed E-state index contributed by atoms with van der Waals surface area (Å²) in [6.07, 6.45) is 3.85. The van der Waals surface area contributed by atoms with Crippen LogP contribution in [0.2, 0.25) is 0 Å². The van der Waals surface area contributed by atoms with Gasteiger partial charge in [-0.15, -0.1) is 0 Å². The number of hydrogen-bond acceptors (Lipinski definition) is 0. The van der Waals surface area contributed by atoms with Gasteiger partial charge in [0.1, 0.15) is 5.03 Å². The van der Waals surface area contributed by atoms with Crippen molar-refractivity contribution in [1.82, 2.24) is 0 Å². The van der Waals surface area contributed by atoms with Crippen LogP contribution >= 0.6 is 11.6 Å². The van der Waals surface area contributed by atoms with Gasteiger partial charge in [-0.1, -0.05) is 92.7 Å². The average molecular weight is 381 g/mol. The Labute approximate surface area is 158 Å². The van der Waals surface area contributed by atoms with E-state index in [9.17, 15) is 13.2 Å². The quantitative estimate of drug-likeness (QED) is 0.407. The summed E-state index contributed by atoms with van der Waals surface area (Å²) < 4.78 is 37.4. The standard InChI is InChI=1S/C22H24ClF3/c1-2-3-4-5-6-7-17-8-12-19(13-9-17)20-14-10-18(11-15-20)16-21(23)22(24,25)26/h8-16H,2-7H2,1H3. The van der Waals surface area contributed by atoms with E-state index < -0.39 is 11.2 Å². The van der Waals surface area contributed by atoms with Gasteiger partial charge in [0.2, 0.25) is 0 Å². The van der Waals surface area contributed by atoms with Gasteiger partial charge in [0.05, 0.1) is 0 Å². The fourth-order valence-corrected chi connectivity index (χ4v) is 2.92. The van der Waals surface area contributed by atoms with E-state index in [1.165, 1.54) is 37.7 Å². The molecule has 0 amide bonds. The minimum Gasteiger partial charge on any atom is -0.165 e. The van der Waals surface area contributed by atoms with Crippen LogP contribution in [0.1, 0.15) is 50.2 Å². The molecule has 0 aliphatic heterocycles. The van der Waals surface area contributed by atoms with Gasteiger partial charge in [-0.25, -0.2) is 0 Å². The Hall–Kier alpha value is -1.74. The molecule has 0 N–H and O–H groups in total. The molecule has 4 heteroatoms. The Balaban J connectivity index is 1.97. The van der Waals surface area contributed by atoms with Gasteiger partial charge in [-0.2, -0.15) is 13.2 Å². The highest BCUT2D eigenvalue weighted by Crippen LogP contribution is 2.30. The predicted octanol–water partition coefficient (Wildman–Crippen LogP) is 8.01. The molecule has 2 aromatic rings. The number of benzene rings is 2. The third-order valence-electron chi connectivity index (χ3n) is 4.33. The molecule has 0 atom stereocenters. The number of halogens is 4. The van der Waals surface area contributed by atoms with E-state index in [1.54, 1.807) is 12.1 Å².